The number of methoxy groups -OCH3 is 1. The molecule has 0 aliphatic heterocycles. The maximum atomic E-state index is 10.0. The molecule has 0 fully saturated rings. The smallest absolute Gasteiger partial charge is 0.206 e. The summed E-state index contributed by atoms with van der Waals surface area (Å²) < 4.78 is 7.00. The lowest BCUT2D eigenvalue weighted by Crippen LogP contribution is -2.12. The summed E-state index contributed by atoms with van der Waals surface area (Å²) in [5.74, 6) is 0.823. The Morgan fingerprint density at radius 1 is 1.29 bits per heavy atom. The second kappa shape index (κ2) is 7.46. The second-order valence-electron chi connectivity index (χ2n) is 4.84. The maximum absolute atomic E-state index is 10.0. The number of hydrogen-bond donors (Lipinski definition) is 1. The number of nitrogens with zero attached hydrogens (tertiary/aromatic N) is 3. The Hall–Kier alpha value is -2.38. The Balaban J connectivity index is 2.06. The van der Waals surface area contributed by atoms with Crippen LogP contribution in [0.4, 0.5) is 0 Å². The van der Waals surface area contributed by atoms with Crippen molar-refractivity contribution in [1.82, 2.24) is 4.68 Å². The average Bonchev–Trinajstić information content (AvgIpc) is 3.24. The highest BCUT2D eigenvalue weighted by Gasteiger charge is 2.08. The first-order valence-corrected chi connectivity index (χ1v) is 9.15. The number of thiazole rings is 1. The minimum atomic E-state index is 0.155. The Kier molecular flexibility index (Phi) is 5.12. The van der Waals surface area contributed by atoms with Gasteiger partial charge in [-0.15, -0.1) is 22.7 Å². The van der Waals surface area contributed by atoms with E-state index < -0.39 is 0 Å². The number of aromatic nitrogens is 1. The van der Waals surface area contributed by atoms with Crippen LogP contribution < -0.4 is 9.54 Å². The zero-order valence-electron chi connectivity index (χ0n) is 13.3. The van der Waals surface area contributed by atoms with Crippen LogP contribution in [-0.2, 0) is 0 Å². The molecule has 24 heavy (non-hydrogen) atoms. The van der Waals surface area contributed by atoms with Gasteiger partial charge in [0, 0.05) is 17.5 Å². The topological polar surface area (TPSA) is 59.1 Å². The van der Waals surface area contributed by atoms with E-state index in [0.29, 0.717) is 17.9 Å². The highest BCUT2D eigenvalue weighted by Crippen LogP contribution is 2.25. The largest absolute Gasteiger partial charge is 0.507 e. The molecule has 5 nitrogen and oxygen atoms in total. The van der Waals surface area contributed by atoms with E-state index in [1.54, 1.807) is 58.9 Å². The van der Waals surface area contributed by atoms with Crippen molar-refractivity contribution >= 4 is 28.9 Å². The number of phenols is 1. The highest BCUT2D eigenvalue weighted by molar-refractivity contribution is 7.14. The molecule has 0 saturated heterocycles. The highest BCUT2D eigenvalue weighted by atomic mass is 32.1. The number of rotatable bonds is 5. The minimum absolute atomic E-state index is 0.155. The van der Waals surface area contributed by atoms with Crippen molar-refractivity contribution in [1.29, 1.82) is 0 Å². The molecular formula is C17H17N3O2S2. The third-order valence-corrected chi connectivity index (χ3v) is 5.05. The van der Waals surface area contributed by atoms with Crippen LogP contribution in [0.5, 0.6) is 11.5 Å². The van der Waals surface area contributed by atoms with Gasteiger partial charge >= 0.3 is 0 Å². The number of aromatic hydroxyl groups is 1. The number of phenolic OH excluding ortho intramolecular Hbond substituents is 1. The predicted molar refractivity (Wildman–Crippen MR) is 99.4 cm³/mol. The van der Waals surface area contributed by atoms with Crippen molar-refractivity contribution in [3.05, 3.63) is 51.5 Å². The van der Waals surface area contributed by atoms with E-state index in [1.807, 2.05) is 23.8 Å². The van der Waals surface area contributed by atoms with Crippen molar-refractivity contribution in [2.45, 2.75) is 6.92 Å². The summed E-state index contributed by atoms with van der Waals surface area (Å²) in [6, 6.07) is 9.11. The fourth-order valence-corrected chi connectivity index (χ4v) is 3.83. The number of thiophene rings is 1. The summed E-state index contributed by atoms with van der Waals surface area (Å²) in [6.45, 7) is 2.68. The zero-order chi connectivity index (χ0) is 16.9. The summed E-state index contributed by atoms with van der Waals surface area (Å²) in [5, 5.41) is 18.6. The normalized spacial score (nSPS) is 12.2. The lowest BCUT2D eigenvalue weighted by molar-refractivity contribution is 0.412. The Bertz CT molecular complexity index is 908. The van der Waals surface area contributed by atoms with Crippen molar-refractivity contribution in [3.8, 4) is 22.1 Å². The van der Waals surface area contributed by atoms with E-state index in [0.717, 1.165) is 15.4 Å². The molecule has 0 radical (unpaired) electrons. The predicted octanol–water partition coefficient (Wildman–Crippen LogP) is 3.80. The first-order chi connectivity index (χ1) is 11.7. The van der Waals surface area contributed by atoms with Gasteiger partial charge in [-0.1, -0.05) is 6.07 Å². The molecular weight excluding hydrogens is 342 g/mol. The Labute approximate surface area is 147 Å². The van der Waals surface area contributed by atoms with Crippen LogP contribution >= 0.6 is 22.7 Å². The van der Waals surface area contributed by atoms with E-state index in [1.165, 1.54) is 0 Å². The van der Waals surface area contributed by atoms with Gasteiger partial charge in [0.2, 0.25) is 4.80 Å². The lowest BCUT2D eigenvalue weighted by atomic mass is 10.2. The molecule has 2 heterocycles. The SMILES string of the molecule is CCN=c1scc(-c2cccs2)n1/N=C\c1cc(OC)ccc1O. The molecule has 3 aromatic rings. The monoisotopic (exact) mass is 359 g/mol. The molecule has 1 aromatic carbocycles. The first-order valence-electron chi connectivity index (χ1n) is 7.39. The third-order valence-electron chi connectivity index (χ3n) is 3.30. The molecule has 0 aliphatic rings. The second-order valence-corrected chi connectivity index (χ2v) is 6.62. The number of benzene rings is 1. The third kappa shape index (κ3) is 3.42. The maximum Gasteiger partial charge on any atom is 0.206 e. The molecule has 0 atom stereocenters. The van der Waals surface area contributed by atoms with Gasteiger partial charge in [-0.3, -0.25) is 4.99 Å². The van der Waals surface area contributed by atoms with Gasteiger partial charge in [-0.05, 0) is 36.6 Å². The van der Waals surface area contributed by atoms with Gasteiger partial charge in [-0.25, -0.2) is 4.68 Å². The van der Waals surface area contributed by atoms with Gasteiger partial charge in [0.15, 0.2) is 0 Å². The molecule has 1 N–H and O–H groups in total. The Morgan fingerprint density at radius 3 is 2.88 bits per heavy atom. The molecule has 2 aromatic heterocycles. The summed E-state index contributed by atoms with van der Waals surface area (Å²) in [6.07, 6.45) is 1.62. The first kappa shape index (κ1) is 16.5. The van der Waals surface area contributed by atoms with Crippen molar-refractivity contribution in [2.24, 2.45) is 10.1 Å². The summed E-state index contributed by atoms with van der Waals surface area (Å²) in [4.78, 5) is 6.43. The Morgan fingerprint density at radius 2 is 2.17 bits per heavy atom. The van der Waals surface area contributed by atoms with E-state index in [4.69, 9.17) is 4.74 Å². The fraction of sp³-hybridized carbons (Fsp3) is 0.176. The van der Waals surface area contributed by atoms with Crippen molar-refractivity contribution < 1.29 is 9.84 Å². The van der Waals surface area contributed by atoms with Crippen LogP contribution in [0.25, 0.3) is 10.6 Å². The van der Waals surface area contributed by atoms with Gasteiger partial charge in [0.05, 0.1) is 23.9 Å². The van der Waals surface area contributed by atoms with Gasteiger partial charge in [-0.2, -0.15) is 5.10 Å². The lowest BCUT2D eigenvalue weighted by Gasteiger charge is -2.04. The molecule has 0 unspecified atom stereocenters. The zero-order valence-corrected chi connectivity index (χ0v) is 15.0. The number of ether oxygens (including phenoxy) is 1. The standard InChI is InChI=1S/C17H17N3O2S2/c1-3-18-17-20(14(11-24-17)16-5-4-8-23-16)19-10-12-9-13(22-2)6-7-15(12)21/h4-11,21H,3H2,1-2H3/b18-17?,19-10-. The van der Waals surface area contributed by atoms with E-state index in [2.05, 4.69) is 16.2 Å². The average molecular weight is 359 g/mol. The van der Waals surface area contributed by atoms with E-state index in [9.17, 15) is 5.11 Å². The molecule has 0 aliphatic carbocycles. The van der Waals surface area contributed by atoms with Crippen LogP contribution in [-0.4, -0.2) is 29.7 Å². The van der Waals surface area contributed by atoms with Crippen LogP contribution in [0, 0.1) is 0 Å². The number of hydrogen-bond acceptors (Lipinski definition) is 6. The van der Waals surface area contributed by atoms with Gasteiger partial charge in [0.1, 0.15) is 11.5 Å². The molecule has 0 spiro atoms. The van der Waals surface area contributed by atoms with Crippen molar-refractivity contribution in [3.63, 3.8) is 0 Å². The molecule has 0 bridgehead atoms. The van der Waals surface area contributed by atoms with Crippen LogP contribution in [0.3, 0.4) is 0 Å². The fourth-order valence-electron chi connectivity index (χ4n) is 2.13. The molecule has 124 valence electrons. The minimum Gasteiger partial charge on any atom is -0.507 e. The summed E-state index contributed by atoms with van der Waals surface area (Å²) >= 11 is 3.20. The van der Waals surface area contributed by atoms with Crippen molar-refractivity contribution in [2.75, 3.05) is 13.7 Å². The van der Waals surface area contributed by atoms with E-state index >= 15 is 0 Å². The molecule has 7 heteroatoms. The summed E-state index contributed by atoms with van der Waals surface area (Å²) in [5.41, 5.74) is 1.58. The van der Waals surface area contributed by atoms with Gasteiger partial charge < -0.3 is 9.84 Å². The van der Waals surface area contributed by atoms with E-state index in [-0.39, 0.29) is 5.75 Å². The van der Waals surface area contributed by atoms with Gasteiger partial charge in [0.25, 0.3) is 0 Å². The molecule has 0 amide bonds. The molecule has 3 rings (SSSR count). The summed E-state index contributed by atoms with van der Waals surface area (Å²) in [7, 11) is 1.59. The quantitative estimate of drug-likeness (QED) is 0.705. The van der Waals surface area contributed by atoms with Crippen LogP contribution in [0.2, 0.25) is 0 Å². The van der Waals surface area contributed by atoms with Crippen LogP contribution in [0.1, 0.15) is 12.5 Å². The van der Waals surface area contributed by atoms with Crippen LogP contribution in [0.15, 0.2) is 51.2 Å². The molecule has 0 saturated carbocycles.